The highest BCUT2D eigenvalue weighted by molar-refractivity contribution is 5.80. The van der Waals surface area contributed by atoms with Crippen LogP contribution in [0.5, 0.6) is 11.5 Å². The predicted octanol–water partition coefficient (Wildman–Crippen LogP) is 1.49. The third kappa shape index (κ3) is 2.32. The second kappa shape index (κ2) is 4.87. The number of ether oxygens (including phenoxy) is 1. The fourth-order valence-electron chi connectivity index (χ4n) is 1.54. The SMILES string of the molecule is COc1ccc(C=Nn2c(C)nnc2C)cc1O. The fraction of sp³-hybridized carbons (Fsp3) is 0.250. The van der Waals surface area contributed by atoms with Crippen LogP contribution in [0.4, 0.5) is 0 Å². The monoisotopic (exact) mass is 246 g/mol. The van der Waals surface area contributed by atoms with Crippen molar-refractivity contribution in [2.75, 3.05) is 7.11 Å². The zero-order chi connectivity index (χ0) is 13.1. The summed E-state index contributed by atoms with van der Waals surface area (Å²) in [5, 5.41) is 21.7. The van der Waals surface area contributed by atoms with E-state index in [-0.39, 0.29) is 5.75 Å². The Kier molecular flexibility index (Phi) is 3.27. The first-order chi connectivity index (χ1) is 8.61. The minimum absolute atomic E-state index is 0.0821. The Morgan fingerprint density at radius 2 is 1.94 bits per heavy atom. The van der Waals surface area contributed by atoms with Crippen molar-refractivity contribution in [3.63, 3.8) is 0 Å². The first-order valence-corrected chi connectivity index (χ1v) is 5.42. The Bertz CT molecular complexity index is 570. The van der Waals surface area contributed by atoms with Gasteiger partial charge in [-0.2, -0.15) is 5.10 Å². The average Bonchev–Trinajstić information content (AvgIpc) is 2.67. The van der Waals surface area contributed by atoms with Crippen molar-refractivity contribution in [2.45, 2.75) is 13.8 Å². The van der Waals surface area contributed by atoms with Gasteiger partial charge in [-0.25, -0.2) is 4.68 Å². The van der Waals surface area contributed by atoms with Crippen molar-refractivity contribution < 1.29 is 9.84 Å². The van der Waals surface area contributed by atoms with E-state index in [1.807, 2.05) is 13.8 Å². The molecule has 0 atom stereocenters. The highest BCUT2D eigenvalue weighted by Gasteiger charge is 2.03. The van der Waals surface area contributed by atoms with Crippen molar-refractivity contribution in [1.82, 2.24) is 14.9 Å². The smallest absolute Gasteiger partial charge is 0.160 e. The van der Waals surface area contributed by atoms with E-state index >= 15 is 0 Å². The number of aryl methyl sites for hydroxylation is 2. The van der Waals surface area contributed by atoms with Crippen molar-refractivity contribution >= 4 is 6.21 Å². The zero-order valence-corrected chi connectivity index (χ0v) is 10.5. The van der Waals surface area contributed by atoms with Crippen molar-refractivity contribution in [2.24, 2.45) is 5.10 Å². The zero-order valence-electron chi connectivity index (χ0n) is 10.5. The van der Waals surface area contributed by atoms with E-state index < -0.39 is 0 Å². The maximum absolute atomic E-state index is 9.64. The summed E-state index contributed by atoms with van der Waals surface area (Å²) >= 11 is 0. The molecule has 0 bridgehead atoms. The van der Waals surface area contributed by atoms with Gasteiger partial charge < -0.3 is 9.84 Å². The maximum atomic E-state index is 9.64. The lowest BCUT2D eigenvalue weighted by atomic mass is 10.2. The third-order valence-corrected chi connectivity index (χ3v) is 2.48. The molecular weight excluding hydrogens is 232 g/mol. The third-order valence-electron chi connectivity index (χ3n) is 2.48. The lowest BCUT2D eigenvalue weighted by Crippen LogP contribution is -1.96. The molecule has 0 unspecified atom stereocenters. The summed E-state index contributed by atoms with van der Waals surface area (Å²) in [5.41, 5.74) is 0.765. The number of methoxy groups -OCH3 is 1. The molecule has 0 saturated carbocycles. The molecule has 1 N–H and O–H groups in total. The quantitative estimate of drug-likeness (QED) is 0.833. The number of phenolic OH excluding ortho intramolecular Hbond substituents is 1. The lowest BCUT2D eigenvalue weighted by molar-refractivity contribution is 0.373. The van der Waals surface area contributed by atoms with Crippen LogP contribution in [-0.2, 0) is 0 Å². The van der Waals surface area contributed by atoms with Gasteiger partial charge in [0.15, 0.2) is 23.1 Å². The van der Waals surface area contributed by atoms with Crippen LogP contribution in [0.3, 0.4) is 0 Å². The van der Waals surface area contributed by atoms with Gasteiger partial charge in [-0.1, -0.05) is 0 Å². The highest BCUT2D eigenvalue weighted by Crippen LogP contribution is 2.25. The molecule has 1 heterocycles. The van der Waals surface area contributed by atoms with Gasteiger partial charge >= 0.3 is 0 Å². The molecule has 1 aromatic carbocycles. The van der Waals surface area contributed by atoms with E-state index in [1.165, 1.54) is 7.11 Å². The fourth-order valence-corrected chi connectivity index (χ4v) is 1.54. The minimum Gasteiger partial charge on any atom is -0.504 e. The van der Waals surface area contributed by atoms with Crippen LogP contribution in [0, 0.1) is 13.8 Å². The van der Waals surface area contributed by atoms with Gasteiger partial charge in [0.1, 0.15) is 0 Å². The predicted molar refractivity (Wildman–Crippen MR) is 67.1 cm³/mol. The topological polar surface area (TPSA) is 72.5 Å². The summed E-state index contributed by atoms with van der Waals surface area (Å²) in [7, 11) is 1.51. The molecule has 0 amide bonds. The number of benzene rings is 1. The van der Waals surface area contributed by atoms with Crippen LogP contribution in [0.25, 0.3) is 0 Å². The normalized spacial score (nSPS) is 11.1. The van der Waals surface area contributed by atoms with E-state index in [0.29, 0.717) is 17.4 Å². The molecule has 0 saturated heterocycles. The molecule has 0 aliphatic rings. The molecule has 0 spiro atoms. The van der Waals surface area contributed by atoms with E-state index in [1.54, 1.807) is 29.1 Å². The van der Waals surface area contributed by atoms with Gasteiger partial charge in [0.25, 0.3) is 0 Å². The Labute approximate surface area is 105 Å². The first kappa shape index (κ1) is 12.1. The summed E-state index contributed by atoms with van der Waals surface area (Å²) in [4.78, 5) is 0. The molecule has 0 aliphatic carbocycles. The van der Waals surface area contributed by atoms with Gasteiger partial charge in [-0.15, -0.1) is 10.2 Å². The Balaban J connectivity index is 2.27. The second-order valence-corrected chi connectivity index (χ2v) is 3.78. The molecule has 0 fully saturated rings. The molecule has 2 rings (SSSR count). The van der Waals surface area contributed by atoms with Crippen LogP contribution in [0.2, 0.25) is 0 Å². The molecule has 18 heavy (non-hydrogen) atoms. The first-order valence-electron chi connectivity index (χ1n) is 5.42. The van der Waals surface area contributed by atoms with Crippen LogP contribution >= 0.6 is 0 Å². The number of aromatic hydroxyl groups is 1. The van der Waals surface area contributed by atoms with Gasteiger partial charge in [0, 0.05) is 0 Å². The second-order valence-electron chi connectivity index (χ2n) is 3.78. The standard InChI is InChI=1S/C12H14N4O2/c1-8-14-15-9(2)16(8)13-7-10-4-5-12(18-3)11(17)6-10/h4-7,17H,1-3H3. The summed E-state index contributed by atoms with van der Waals surface area (Å²) in [6.45, 7) is 3.64. The molecule has 6 heteroatoms. The molecule has 0 aliphatic heterocycles. The number of hydrogen-bond donors (Lipinski definition) is 1. The molecule has 6 nitrogen and oxygen atoms in total. The summed E-state index contributed by atoms with van der Waals surface area (Å²) in [6.07, 6.45) is 1.63. The Morgan fingerprint density at radius 1 is 1.28 bits per heavy atom. The molecule has 0 radical (unpaired) electrons. The lowest BCUT2D eigenvalue weighted by Gasteiger charge is -2.03. The van der Waals surface area contributed by atoms with E-state index in [2.05, 4.69) is 15.3 Å². The van der Waals surface area contributed by atoms with Crippen LogP contribution in [0.1, 0.15) is 17.2 Å². The van der Waals surface area contributed by atoms with Gasteiger partial charge in [-0.3, -0.25) is 0 Å². The van der Waals surface area contributed by atoms with Crippen molar-refractivity contribution in [3.8, 4) is 11.5 Å². The van der Waals surface area contributed by atoms with Crippen LogP contribution in [-0.4, -0.2) is 33.3 Å². The van der Waals surface area contributed by atoms with E-state index in [0.717, 1.165) is 5.56 Å². The van der Waals surface area contributed by atoms with Crippen molar-refractivity contribution in [3.05, 3.63) is 35.4 Å². The summed E-state index contributed by atoms with van der Waals surface area (Å²) < 4.78 is 6.60. The van der Waals surface area contributed by atoms with E-state index in [9.17, 15) is 5.11 Å². The number of phenols is 1. The van der Waals surface area contributed by atoms with Gasteiger partial charge in [0.2, 0.25) is 0 Å². The van der Waals surface area contributed by atoms with E-state index in [4.69, 9.17) is 4.74 Å². The minimum atomic E-state index is 0.0821. The summed E-state index contributed by atoms with van der Waals surface area (Å²) in [6, 6.07) is 5.07. The number of rotatable bonds is 3. The Morgan fingerprint density at radius 3 is 2.50 bits per heavy atom. The largest absolute Gasteiger partial charge is 0.504 e. The van der Waals surface area contributed by atoms with Crippen molar-refractivity contribution in [1.29, 1.82) is 0 Å². The molecule has 94 valence electrons. The Hall–Kier alpha value is -2.37. The van der Waals surface area contributed by atoms with Crippen LogP contribution < -0.4 is 4.74 Å². The van der Waals surface area contributed by atoms with Gasteiger partial charge in [0.05, 0.1) is 13.3 Å². The molecule has 2 aromatic rings. The molecule has 1 aromatic heterocycles. The molecular formula is C12H14N4O2. The number of nitrogens with zero attached hydrogens (tertiary/aromatic N) is 4. The highest BCUT2D eigenvalue weighted by atomic mass is 16.5. The average molecular weight is 246 g/mol. The summed E-state index contributed by atoms with van der Waals surface area (Å²) in [5.74, 6) is 1.94. The number of aromatic nitrogens is 3. The maximum Gasteiger partial charge on any atom is 0.160 e. The van der Waals surface area contributed by atoms with Crippen LogP contribution in [0.15, 0.2) is 23.3 Å². The number of hydrogen-bond acceptors (Lipinski definition) is 5. The van der Waals surface area contributed by atoms with Gasteiger partial charge in [-0.05, 0) is 37.6 Å².